The fourth-order valence-electron chi connectivity index (χ4n) is 3.93. The molecular weight excluding hydrogens is 358 g/mol. The standard InChI is InChI=1S/C25H47N3O/c1-4-5-6-7-8-9-10-11-12-13-14-15-16-17-18-19-20-26-25(29)22-28-24(3)21-23(2)27-28/h21H,4-20,22H2,1-3H3,(H,26,29). The van der Waals surface area contributed by atoms with Crippen molar-refractivity contribution in [2.45, 2.75) is 130 Å². The van der Waals surface area contributed by atoms with Gasteiger partial charge in [0.1, 0.15) is 6.54 Å². The molecule has 0 aromatic carbocycles. The third kappa shape index (κ3) is 14.3. The van der Waals surface area contributed by atoms with Crippen LogP contribution in [0.25, 0.3) is 0 Å². The summed E-state index contributed by atoms with van der Waals surface area (Å²) in [5.74, 6) is 0.0668. The van der Waals surface area contributed by atoms with Gasteiger partial charge < -0.3 is 5.32 Å². The van der Waals surface area contributed by atoms with E-state index in [1.165, 1.54) is 96.3 Å². The number of amides is 1. The second kappa shape index (κ2) is 17.5. The summed E-state index contributed by atoms with van der Waals surface area (Å²) in [4.78, 5) is 12.0. The molecular formula is C25H47N3O. The summed E-state index contributed by atoms with van der Waals surface area (Å²) in [5.41, 5.74) is 2.01. The molecule has 168 valence electrons. The van der Waals surface area contributed by atoms with Gasteiger partial charge in [0, 0.05) is 12.2 Å². The number of rotatable bonds is 19. The van der Waals surface area contributed by atoms with Crippen LogP contribution in [-0.4, -0.2) is 22.2 Å². The van der Waals surface area contributed by atoms with E-state index in [1.54, 1.807) is 4.68 Å². The molecule has 1 aromatic heterocycles. The monoisotopic (exact) mass is 405 g/mol. The number of carbonyl (C=O) groups is 1. The minimum atomic E-state index is 0.0668. The zero-order valence-corrected chi connectivity index (χ0v) is 19.6. The topological polar surface area (TPSA) is 46.9 Å². The average Bonchev–Trinajstić information content (AvgIpc) is 3.01. The number of aromatic nitrogens is 2. The second-order valence-corrected chi connectivity index (χ2v) is 8.74. The van der Waals surface area contributed by atoms with Crippen LogP contribution in [0.1, 0.15) is 121 Å². The molecule has 0 radical (unpaired) electrons. The van der Waals surface area contributed by atoms with Crippen LogP contribution < -0.4 is 5.32 Å². The first kappa shape index (κ1) is 25.7. The van der Waals surface area contributed by atoms with Crippen molar-refractivity contribution in [3.63, 3.8) is 0 Å². The number of nitrogens with zero attached hydrogens (tertiary/aromatic N) is 2. The van der Waals surface area contributed by atoms with Crippen LogP contribution in [0.5, 0.6) is 0 Å². The summed E-state index contributed by atoms with van der Waals surface area (Å²) < 4.78 is 1.78. The first-order valence-corrected chi connectivity index (χ1v) is 12.4. The summed E-state index contributed by atoms with van der Waals surface area (Å²) in [6.45, 7) is 7.35. The zero-order chi connectivity index (χ0) is 21.2. The van der Waals surface area contributed by atoms with Gasteiger partial charge in [0.25, 0.3) is 0 Å². The summed E-state index contributed by atoms with van der Waals surface area (Å²) in [5, 5.41) is 7.35. The lowest BCUT2D eigenvalue weighted by Gasteiger charge is -2.07. The van der Waals surface area contributed by atoms with Gasteiger partial charge in [0.15, 0.2) is 0 Å². The maximum atomic E-state index is 12.0. The van der Waals surface area contributed by atoms with E-state index in [9.17, 15) is 4.79 Å². The van der Waals surface area contributed by atoms with E-state index in [-0.39, 0.29) is 5.91 Å². The van der Waals surface area contributed by atoms with Crippen molar-refractivity contribution in [1.82, 2.24) is 15.1 Å². The highest BCUT2D eigenvalue weighted by Gasteiger charge is 2.06. The van der Waals surface area contributed by atoms with Crippen LogP contribution in [0.3, 0.4) is 0 Å². The molecule has 1 rings (SSSR count). The molecule has 1 aromatic rings. The third-order valence-electron chi connectivity index (χ3n) is 5.75. The van der Waals surface area contributed by atoms with E-state index >= 15 is 0 Å². The molecule has 0 saturated carbocycles. The third-order valence-corrected chi connectivity index (χ3v) is 5.75. The average molecular weight is 406 g/mol. The Morgan fingerprint density at radius 3 is 1.66 bits per heavy atom. The van der Waals surface area contributed by atoms with E-state index in [0.717, 1.165) is 24.4 Å². The maximum absolute atomic E-state index is 12.0. The Morgan fingerprint density at radius 1 is 0.793 bits per heavy atom. The summed E-state index contributed by atoms with van der Waals surface area (Å²) >= 11 is 0. The van der Waals surface area contributed by atoms with E-state index in [0.29, 0.717) is 6.54 Å². The summed E-state index contributed by atoms with van der Waals surface area (Å²) in [7, 11) is 0. The fourth-order valence-corrected chi connectivity index (χ4v) is 3.93. The molecule has 0 aliphatic rings. The number of aryl methyl sites for hydroxylation is 2. The number of unbranched alkanes of at least 4 members (excludes halogenated alkanes) is 15. The maximum Gasteiger partial charge on any atom is 0.241 e. The molecule has 0 saturated heterocycles. The lowest BCUT2D eigenvalue weighted by molar-refractivity contribution is -0.121. The van der Waals surface area contributed by atoms with Crippen LogP contribution in [0.4, 0.5) is 0 Å². The molecule has 1 N–H and O–H groups in total. The Morgan fingerprint density at radius 2 is 1.24 bits per heavy atom. The molecule has 0 fully saturated rings. The number of hydrogen-bond acceptors (Lipinski definition) is 2. The van der Waals surface area contributed by atoms with Crippen LogP contribution in [0.15, 0.2) is 6.07 Å². The second-order valence-electron chi connectivity index (χ2n) is 8.74. The first-order valence-electron chi connectivity index (χ1n) is 12.4. The minimum absolute atomic E-state index is 0.0668. The van der Waals surface area contributed by atoms with Crippen molar-refractivity contribution in [3.05, 3.63) is 17.5 Å². The quantitative estimate of drug-likeness (QED) is 0.255. The Hall–Kier alpha value is -1.32. The molecule has 0 atom stereocenters. The molecule has 29 heavy (non-hydrogen) atoms. The predicted molar refractivity (Wildman–Crippen MR) is 124 cm³/mol. The molecule has 0 bridgehead atoms. The van der Waals surface area contributed by atoms with Crippen molar-refractivity contribution in [2.75, 3.05) is 6.54 Å². The Balaban J connectivity index is 1.79. The van der Waals surface area contributed by atoms with Gasteiger partial charge in [-0.3, -0.25) is 9.48 Å². The van der Waals surface area contributed by atoms with Gasteiger partial charge in [0.2, 0.25) is 5.91 Å². The SMILES string of the molecule is CCCCCCCCCCCCCCCCCCNC(=O)Cn1nc(C)cc1C. The van der Waals surface area contributed by atoms with Crippen molar-refractivity contribution in [3.8, 4) is 0 Å². The highest BCUT2D eigenvalue weighted by molar-refractivity contribution is 5.75. The van der Waals surface area contributed by atoms with Gasteiger partial charge in [-0.05, 0) is 26.3 Å². The Labute approximate surface area is 180 Å². The molecule has 4 nitrogen and oxygen atoms in total. The predicted octanol–water partition coefficient (Wildman–Crippen LogP) is 6.88. The molecule has 1 amide bonds. The number of carbonyl (C=O) groups excluding carboxylic acids is 1. The number of hydrogen-bond donors (Lipinski definition) is 1. The van der Waals surface area contributed by atoms with Crippen LogP contribution in [0.2, 0.25) is 0 Å². The van der Waals surface area contributed by atoms with Crippen molar-refractivity contribution in [2.24, 2.45) is 0 Å². The molecule has 4 heteroatoms. The van der Waals surface area contributed by atoms with Crippen LogP contribution in [0, 0.1) is 13.8 Å². The van der Waals surface area contributed by atoms with E-state index in [1.807, 2.05) is 19.9 Å². The molecule has 0 aliphatic heterocycles. The van der Waals surface area contributed by atoms with E-state index in [2.05, 4.69) is 17.3 Å². The Kier molecular flexibility index (Phi) is 15.5. The minimum Gasteiger partial charge on any atom is -0.354 e. The first-order chi connectivity index (χ1) is 14.1. The lowest BCUT2D eigenvalue weighted by Crippen LogP contribution is -2.29. The zero-order valence-electron chi connectivity index (χ0n) is 19.6. The van der Waals surface area contributed by atoms with Crippen molar-refractivity contribution in [1.29, 1.82) is 0 Å². The molecule has 0 unspecified atom stereocenters. The van der Waals surface area contributed by atoms with Gasteiger partial charge >= 0.3 is 0 Å². The van der Waals surface area contributed by atoms with Crippen LogP contribution in [-0.2, 0) is 11.3 Å². The fraction of sp³-hybridized carbons (Fsp3) is 0.840. The van der Waals surface area contributed by atoms with Crippen molar-refractivity contribution < 1.29 is 4.79 Å². The van der Waals surface area contributed by atoms with Crippen LogP contribution >= 0.6 is 0 Å². The van der Waals surface area contributed by atoms with Gasteiger partial charge in [-0.25, -0.2) is 0 Å². The van der Waals surface area contributed by atoms with Gasteiger partial charge in [-0.15, -0.1) is 0 Å². The van der Waals surface area contributed by atoms with Crippen molar-refractivity contribution >= 4 is 5.91 Å². The molecule has 0 spiro atoms. The van der Waals surface area contributed by atoms with E-state index < -0.39 is 0 Å². The lowest BCUT2D eigenvalue weighted by atomic mass is 10.0. The smallest absolute Gasteiger partial charge is 0.241 e. The van der Waals surface area contributed by atoms with Gasteiger partial charge in [-0.1, -0.05) is 103 Å². The highest BCUT2D eigenvalue weighted by atomic mass is 16.2. The molecule has 1 heterocycles. The largest absolute Gasteiger partial charge is 0.354 e. The Bertz CT molecular complexity index is 524. The normalized spacial score (nSPS) is 11.1. The van der Waals surface area contributed by atoms with E-state index in [4.69, 9.17) is 0 Å². The molecule has 0 aliphatic carbocycles. The highest BCUT2D eigenvalue weighted by Crippen LogP contribution is 2.13. The van der Waals surface area contributed by atoms with Gasteiger partial charge in [0.05, 0.1) is 5.69 Å². The summed E-state index contributed by atoms with van der Waals surface area (Å²) in [6, 6.07) is 2.00. The van der Waals surface area contributed by atoms with Gasteiger partial charge in [-0.2, -0.15) is 5.10 Å². The number of nitrogens with one attached hydrogen (secondary N) is 1. The summed E-state index contributed by atoms with van der Waals surface area (Å²) in [6.07, 6.45) is 22.0.